The average molecular weight is 261 g/mol. The van der Waals surface area contributed by atoms with Crippen molar-refractivity contribution in [3.05, 3.63) is 0 Å². The molecular weight excluding hydrogens is 242 g/mol. The Bertz CT molecular complexity index is 291. The van der Waals surface area contributed by atoms with E-state index < -0.39 is 18.5 Å². The van der Waals surface area contributed by atoms with Crippen molar-refractivity contribution < 1.29 is 28.9 Å². The molecule has 0 aromatic rings. The number of methoxy groups -OCH3 is 2. The summed E-state index contributed by atoms with van der Waals surface area (Å²) < 4.78 is 15.2. The van der Waals surface area contributed by atoms with Gasteiger partial charge < -0.3 is 24.2 Å². The van der Waals surface area contributed by atoms with Gasteiger partial charge in [-0.05, 0) is 0 Å². The molecule has 7 nitrogen and oxygen atoms in total. The Balaban J connectivity index is 2.39. The van der Waals surface area contributed by atoms with E-state index in [4.69, 9.17) is 19.3 Å². The van der Waals surface area contributed by atoms with Gasteiger partial charge in [0, 0.05) is 33.6 Å². The van der Waals surface area contributed by atoms with Gasteiger partial charge in [-0.3, -0.25) is 4.79 Å². The summed E-state index contributed by atoms with van der Waals surface area (Å²) in [5.74, 6) is -0.125. The van der Waals surface area contributed by atoms with Crippen molar-refractivity contribution >= 4 is 11.9 Å². The Hall–Kier alpha value is -1.18. The van der Waals surface area contributed by atoms with Crippen molar-refractivity contribution in [3.8, 4) is 0 Å². The highest BCUT2D eigenvalue weighted by Gasteiger charge is 2.29. The highest BCUT2D eigenvalue weighted by molar-refractivity contribution is 5.84. The van der Waals surface area contributed by atoms with E-state index >= 15 is 0 Å². The zero-order valence-electron chi connectivity index (χ0n) is 10.6. The lowest BCUT2D eigenvalue weighted by Gasteiger charge is -2.30. The fraction of sp³-hybridized carbons (Fsp3) is 0.818. The second kappa shape index (κ2) is 7.30. The lowest BCUT2D eigenvalue weighted by molar-refractivity contribution is -0.140. The Labute approximate surface area is 106 Å². The molecule has 1 N–H and O–H groups in total. The van der Waals surface area contributed by atoms with Crippen molar-refractivity contribution in [1.82, 2.24) is 4.90 Å². The van der Waals surface area contributed by atoms with E-state index in [0.717, 1.165) is 0 Å². The number of hydrogen-bond acceptors (Lipinski definition) is 5. The number of morpholine rings is 1. The summed E-state index contributed by atoms with van der Waals surface area (Å²) in [6, 6.07) is 0. The van der Waals surface area contributed by atoms with Crippen molar-refractivity contribution in [2.24, 2.45) is 0 Å². The van der Waals surface area contributed by atoms with Gasteiger partial charge >= 0.3 is 6.09 Å². The third-order valence-electron chi connectivity index (χ3n) is 2.85. The van der Waals surface area contributed by atoms with Crippen LogP contribution in [0.25, 0.3) is 0 Å². The van der Waals surface area contributed by atoms with Gasteiger partial charge in [0.05, 0.1) is 13.2 Å². The Morgan fingerprint density at radius 2 is 2.11 bits per heavy atom. The van der Waals surface area contributed by atoms with Crippen molar-refractivity contribution in [2.75, 3.05) is 33.9 Å². The number of carboxylic acid groups (broad SMARTS) is 1. The predicted molar refractivity (Wildman–Crippen MR) is 61.4 cm³/mol. The zero-order valence-corrected chi connectivity index (χ0v) is 10.6. The second-order valence-corrected chi connectivity index (χ2v) is 3.99. The molecule has 18 heavy (non-hydrogen) atoms. The van der Waals surface area contributed by atoms with Crippen LogP contribution in [0.15, 0.2) is 0 Å². The van der Waals surface area contributed by atoms with Crippen LogP contribution in [0.5, 0.6) is 0 Å². The SMILES string of the molecule is COC(CCC(=O)[C@H]1CN(C(=O)O)CCO1)OC. The van der Waals surface area contributed by atoms with Crippen molar-refractivity contribution in [2.45, 2.75) is 25.2 Å². The van der Waals surface area contributed by atoms with Gasteiger partial charge in [0.25, 0.3) is 0 Å². The van der Waals surface area contributed by atoms with Crippen LogP contribution in [0.1, 0.15) is 12.8 Å². The topological polar surface area (TPSA) is 85.3 Å². The average Bonchev–Trinajstić information content (AvgIpc) is 2.39. The molecule has 1 aliphatic heterocycles. The summed E-state index contributed by atoms with van der Waals surface area (Å²) in [7, 11) is 3.00. The molecule has 0 aromatic heterocycles. The molecule has 1 aliphatic rings. The normalized spacial score (nSPS) is 20.2. The summed E-state index contributed by atoms with van der Waals surface area (Å²) in [5.41, 5.74) is 0. The summed E-state index contributed by atoms with van der Waals surface area (Å²) >= 11 is 0. The Kier molecular flexibility index (Phi) is 6.03. The first-order valence-electron chi connectivity index (χ1n) is 5.76. The van der Waals surface area contributed by atoms with Crippen LogP contribution in [0.2, 0.25) is 0 Å². The van der Waals surface area contributed by atoms with Crippen LogP contribution in [0.3, 0.4) is 0 Å². The maximum Gasteiger partial charge on any atom is 0.407 e. The van der Waals surface area contributed by atoms with Gasteiger partial charge in [-0.1, -0.05) is 0 Å². The molecule has 1 fully saturated rings. The monoisotopic (exact) mass is 261 g/mol. The molecule has 0 aromatic carbocycles. The lowest BCUT2D eigenvalue weighted by Crippen LogP contribution is -2.48. The molecule has 0 radical (unpaired) electrons. The Morgan fingerprint density at radius 1 is 1.44 bits per heavy atom. The molecule has 0 spiro atoms. The number of nitrogens with zero attached hydrogens (tertiary/aromatic N) is 1. The Morgan fingerprint density at radius 3 is 2.67 bits per heavy atom. The predicted octanol–water partition coefficient (Wildman–Crippen LogP) is 0.333. The first-order valence-corrected chi connectivity index (χ1v) is 5.76. The van der Waals surface area contributed by atoms with Crippen LogP contribution in [0.4, 0.5) is 4.79 Å². The molecule has 7 heteroatoms. The van der Waals surface area contributed by atoms with Gasteiger partial charge in [0.1, 0.15) is 6.10 Å². The molecule has 1 saturated heterocycles. The highest BCUT2D eigenvalue weighted by atomic mass is 16.7. The fourth-order valence-corrected chi connectivity index (χ4v) is 1.77. The number of Topliss-reactive ketones (excluding diaryl/α,β-unsaturated/α-hetero) is 1. The highest BCUT2D eigenvalue weighted by Crippen LogP contribution is 2.11. The smallest absolute Gasteiger partial charge is 0.407 e. The maximum absolute atomic E-state index is 11.8. The zero-order chi connectivity index (χ0) is 13.5. The molecule has 0 saturated carbocycles. The van der Waals surface area contributed by atoms with E-state index in [1.54, 1.807) is 0 Å². The van der Waals surface area contributed by atoms with Gasteiger partial charge in [-0.2, -0.15) is 0 Å². The van der Waals surface area contributed by atoms with Gasteiger partial charge in [0.15, 0.2) is 12.1 Å². The fourth-order valence-electron chi connectivity index (χ4n) is 1.77. The first kappa shape index (κ1) is 14.9. The molecule has 0 bridgehead atoms. The van der Waals surface area contributed by atoms with E-state index in [1.807, 2.05) is 0 Å². The number of amides is 1. The van der Waals surface area contributed by atoms with Crippen molar-refractivity contribution in [3.63, 3.8) is 0 Å². The molecule has 1 atom stereocenters. The molecular formula is C11H19NO6. The minimum Gasteiger partial charge on any atom is -0.465 e. The van der Waals surface area contributed by atoms with Crippen LogP contribution in [0, 0.1) is 0 Å². The number of hydrogen-bond donors (Lipinski definition) is 1. The van der Waals surface area contributed by atoms with Gasteiger partial charge in [0.2, 0.25) is 0 Å². The third-order valence-corrected chi connectivity index (χ3v) is 2.85. The second-order valence-electron chi connectivity index (χ2n) is 3.99. The quantitative estimate of drug-likeness (QED) is 0.694. The number of carbonyl (C=O) groups excluding carboxylic acids is 1. The number of rotatable bonds is 6. The van der Waals surface area contributed by atoms with Crippen LogP contribution < -0.4 is 0 Å². The number of ether oxygens (including phenoxy) is 3. The summed E-state index contributed by atoms with van der Waals surface area (Å²) in [5, 5.41) is 8.85. The molecule has 0 aliphatic carbocycles. The molecule has 1 heterocycles. The largest absolute Gasteiger partial charge is 0.465 e. The number of ketones is 1. The van der Waals surface area contributed by atoms with Crippen LogP contribution >= 0.6 is 0 Å². The third kappa shape index (κ3) is 4.25. The molecule has 1 rings (SSSR count). The van der Waals surface area contributed by atoms with E-state index in [-0.39, 0.29) is 25.4 Å². The molecule has 104 valence electrons. The van der Waals surface area contributed by atoms with Crippen LogP contribution in [-0.2, 0) is 19.0 Å². The summed E-state index contributed by atoms with van der Waals surface area (Å²) in [6.45, 7) is 0.650. The van der Waals surface area contributed by atoms with E-state index in [0.29, 0.717) is 13.0 Å². The van der Waals surface area contributed by atoms with E-state index in [9.17, 15) is 9.59 Å². The van der Waals surface area contributed by atoms with Gasteiger partial charge in [-0.25, -0.2) is 4.79 Å². The first-order chi connectivity index (χ1) is 8.58. The van der Waals surface area contributed by atoms with Crippen molar-refractivity contribution in [1.29, 1.82) is 0 Å². The van der Waals surface area contributed by atoms with E-state index in [1.165, 1.54) is 19.1 Å². The summed E-state index contributed by atoms with van der Waals surface area (Å²) in [6.07, 6.45) is -1.46. The molecule has 0 unspecified atom stereocenters. The van der Waals surface area contributed by atoms with Crippen LogP contribution in [-0.4, -0.2) is 68.2 Å². The minimum atomic E-state index is -1.03. The standard InChI is InChI=1S/C11H19NO6/c1-16-10(17-2)4-3-8(13)9-7-12(11(14)15)5-6-18-9/h9-10H,3-7H2,1-2H3,(H,14,15)/t9-/m1/s1. The summed E-state index contributed by atoms with van der Waals surface area (Å²) in [4.78, 5) is 23.8. The number of carbonyl (C=O) groups is 2. The van der Waals surface area contributed by atoms with Gasteiger partial charge in [-0.15, -0.1) is 0 Å². The maximum atomic E-state index is 11.8. The minimum absolute atomic E-state index is 0.0960. The molecule has 1 amide bonds. The lowest BCUT2D eigenvalue weighted by atomic mass is 10.1. The van der Waals surface area contributed by atoms with E-state index in [2.05, 4.69) is 0 Å².